The van der Waals surface area contributed by atoms with E-state index in [1.807, 2.05) is 13.8 Å². The van der Waals surface area contributed by atoms with Crippen molar-refractivity contribution >= 4 is 0 Å². The minimum absolute atomic E-state index is 0.851. The molecule has 0 aromatic carbocycles. The maximum Gasteiger partial charge on any atom is 0.0129 e. The summed E-state index contributed by atoms with van der Waals surface area (Å²) < 4.78 is 0. The number of hydrogen-bond donors (Lipinski definition) is 1. The quantitative estimate of drug-likeness (QED) is 0.632. The molecule has 0 radical (unpaired) electrons. The molecule has 0 spiro atoms. The first-order valence-electron chi connectivity index (χ1n) is 6.99. The Balaban J connectivity index is 5.79. The molecule has 0 atom stereocenters. The fourth-order valence-corrected chi connectivity index (χ4v) is 1.67. The van der Waals surface area contributed by atoms with E-state index in [0.717, 1.165) is 29.7 Å². The van der Waals surface area contributed by atoms with Crippen LogP contribution in [0, 0.1) is 0 Å². The van der Waals surface area contributed by atoms with Crippen molar-refractivity contribution in [1.29, 1.82) is 0 Å². The molecule has 1 heteroatoms. The SMILES string of the molecule is C=C(C)/C(C)=C/C(C(=CCCC)/C(C)=C\C)=C(\C)N. The molecule has 1 nitrogen and oxygen atoms in total. The smallest absolute Gasteiger partial charge is 0.0129 e. The van der Waals surface area contributed by atoms with E-state index >= 15 is 0 Å². The first-order chi connectivity index (χ1) is 8.84. The van der Waals surface area contributed by atoms with Crippen LogP contribution in [0.3, 0.4) is 0 Å². The van der Waals surface area contributed by atoms with Crippen molar-refractivity contribution < 1.29 is 0 Å². The normalized spacial score (nSPS) is 15.4. The van der Waals surface area contributed by atoms with E-state index < -0.39 is 0 Å². The molecule has 0 amide bonds. The van der Waals surface area contributed by atoms with Gasteiger partial charge in [-0.2, -0.15) is 0 Å². The van der Waals surface area contributed by atoms with Gasteiger partial charge in [0.05, 0.1) is 0 Å². The average Bonchev–Trinajstić information content (AvgIpc) is 2.36. The fourth-order valence-electron chi connectivity index (χ4n) is 1.67. The van der Waals surface area contributed by atoms with Gasteiger partial charge in [0.15, 0.2) is 0 Å². The van der Waals surface area contributed by atoms with Crippen LogP contribution in [0.25, 0.3) is 0 Å². The van der Waals surface area contributed by atoms with Crippen molar-refractivity contribution in [2.75, 3.05) is 0 Å². The maximum atomic E-state index is 6.09. The topological polar surface area (TPSA) is 26.0 Å². The van der Waals surface area contributed by atoms with Gasteiger partial charge in [0.1, 0.15) is 0 Å². The highest BCUT2D eigenvalue weighted by Crippen LogP contribution is 2.25. The Hall–Kier alpha value is -1.50. The van der Waals surface area contributed by atoms with Crippen LogP contribution in [-0.4, -0.2) is 0 Å². The van der Waals surface area contributed by atoms with E-state index in [0.29, 0.717) is 0 Å². The van der Waals surface area contributed by atoms with Gasteiger partial charge in [-0.05, 0) is 63.8 Å². The van der Waals surface area contributed by atoms with Gasteiger partial charge in [0.2, 0.25) is 0 Å². The maximum absolute atomic E-state index is 6.09. The highest BCUT2D eigenvalue weighted by Gasteiger charge is 2.08. The molecule has 0 aliphatic heterocycles. The van der Waals surface area contributed by atoms with Crippen molar-refractivity contribution in [3.8, 4) is 0 Å². The molecular formula is C18H29N. The summed E-state index contributed by atoms with van der Waals surface area (Å²) in [5.41, 5.74) is 12.8. The van der Waals surface area contributed by atoms with Crippen molar-refractivity contribution in [3.63, 3.8) is 0 Å². The summed E-state index contributed by atoms with van der Waals surface area (Å²) in [7, 11) is 0. The van der Waals surface area contributed by atoms with Gasteiger partial charge in [0.25, 0.3) is 0 Å². The lowest BCUT2D eigenvalue weighted by Crippen LogP contribution is -2.02. The van der Waals surface area contributed by atoms with E-state index in [-0.39, 0.29) is 0 Å². The summed E-state index contributed by atoms with van der Waals surface area (Å²) in [5, 5.41) is 0. The van der Waals surface area contributed by atoms with Crippen LogP contribution in [0.5, 0.6) is 0 Å². The first kappa shape index (κ1) is 17.5. The van der Waals surface area contributed by atoms with E-state index in [4.69, 9.17) is 5.73 Å². The molecule has 0 aromatic rings. The fraction of sp³-hybridized carbons (Fsp3) is 0.444. The molecule has 0 aliphatic carbocycles. The summed E-state index contributed by atoms with van der Waals surface area (Å²) in [6.07, 6.45) is 8.77. The Bertz CT molecular complexity index is 438. The number of nitrogens with two attached hydrogens (primary N) is 1. The molecule has 0 aliphatic rings. The van der Waals surface area contributed by atoms with Gasteiger partial charge in [-0.1, -0.05) is 37.6 Å². The number of allylic oxidation sites excluding steroid dienone is 9. The van der Waals surface area contributed by atoms with Crippen molar-refractivity contribution in [2.24, 2.45) is 5.73 Å². The second-order valence-electron chi connectivity index (χ2n) is 5.08. The van der Waals surface area contributed by atoms with Crippen LogP contribution in [0.2, 0.25) is 0 Å². The molecule has 0 rings (SSSR count). The Morgan fingerprint density at radius 2 is 1.68 bits per heavy atom. The molecule has 106 valence electrons. The lowest BCUT2D eigenvalue weighted by Gasteiger charge is -2.13. The molecule has 0 saturated carbocycles. The monoisotopic (exact) mass is 259 g/mol. The number of hydrogen-bond acceptors (Lipinski definition) is 1. The predicted octanol–water partition coefficient (Wildman–Crippen LogP) is 5.43. The minimum atomic E-state index is 0.851. The summed E-state index contributed by atoms with van der Waals surface area (Å²) in [5.74, 6) is 0. The molecule has 19 heavy (non-hydrogen) atoms. The zero-order valence-corrected chi connectivity index (χ0v) is 13.4. The summed E-state index contributed by atoms with van der Waals surface area (Å²) in [4.78, 5) is 0. The van der Waals surface area contributed by atoms with Crippen LogP contribution in [0.4, 0.5) is 0 Å². The molecule has 0 aromatic heterocycles. The molecule has 2 N–H and O–H groups in total. The standard InChI is InChI=1S/C18H29N/c1-8-10-11-17(14(5)9-2)18(16(7)19)12-15(6)13(3)4/h9,11-12H,3,8,10,19H2,1-2,4-7H3/b14-9-,15-12+,17-11?,18-16-. The van der Waals surface area contributed by atoms with E-state index in [2.05, 4.69) is 52.5 Å². The van der Waals surface area contributed by atoms with Crippen molar-refractivity contribution in [3.05, 3.63) is 58.4 Å². The van der Waals surface area contributed by atoms with Crippen molar-refractivity contribution in [1.82, 2.24) is 0 Å². The van der Waals surface area contributed by atoms with Crippen LogP contribution in [0.15, 0.2) is 58.4 Å². The third-order valence-corrected chi connectivity index (χ3v) is 3.24. The summed E-state index contributed by atoms with van der Waals surface area (Å²) >= 11 is 0. The van der Waals surface area contributed by atoms with Gasteiger partial charge < -0.3 is 5.73 Å². The number of rotatable bonds is 6. The molecule has 0 unspecified atom stereocenters. The Morgan fingerprint density at radius 3 is 2.05 bits per heavy atom. The highest BCUT2D eigenvalue weighted by atomic mass is 14.6. The van der Waals surface area contributed by atoms with Gasteiger partial charge in [0, 0.05) is 11.3 Å². The van der Waals surface area contributed by atoms with Gasteiger partial charge in [-0.3, -0.25) is 0 Å². The third-order valence-electron chi connectivity index (χ3n) is 3.24. The molecule has 0 bridgehead atoms. The van der Waals surface area contributed by atoms with Gasteiger partial charge in [-0.25, -0.2) is 0 Å². The zero-order chi connectivity index (χ0) is 15.0. The van der Waals surface area contributed by atoms with Gasteiger partial charge in [-0.15, -0.1) is 0 Å². The molecule has 0 fully saturated rings. The van der Waals surface area contributed by atoms with E-state index in [1.165, 1.54) is 16.7 Å². The van der Waals surface area contributed by atoms with Crippen LogP contribution in [0.1, 0.15) is 54.4 Å². The molecule has 0 heterocycles. The Kier molecular flexibility index (Phi) is 7.90. The number of unbranched alkanes of at least 4 members (excludes halogenated alkanes) is 1. The van der Waals surface area contributed by atoms with E-state index in [9.17, 15) is 0 Å². The van der Waals surface area contributed by atoms with Crippen LogP contribution < -0.4 is 5.73 Å². The Labute approximate surface area is 119 Å². The second kappa shape index (κ2) is 8.58. The third kappa shape index (κ3) is 5.78. The second-order valence-corrected chi connectivity index (χ2v) is 5.08. The average molecular weight is 259 g/mol. The predicted molar refractivity (Wildman–Crippen MR) is 87.9 cm³/mol. The highest BCUT2D eigenvalue weighted by molar-refractivity contribution is 5.54. The lowest BCUT2D eigenvalue weighted by molar-refractivity contribution is 0.950. The summed E-state index contributed by atoms with van der Waals surface area (Å²) in [6.45, 7) is 16.4. The van der Waals surface area contributed by atoms with Crippen molar-refractivity contribution in [2.45, 2.75) is 54.4 Å². The van der Waals surface area contributed by atoms with Gasteiger partial charge >= 0.3 is 0 Å². The zero-order valence-electron chi connectivity index (χ0n) is 13.4. The molecular weight excluding hydrogens is 230 g/mol. The largest absolute Gasteiger partial charge is 0.402 e. The first-order valence-corrected chi connectivity index (χ1v) is 6.99. The lowest BCUT2D eigenvalue weighted by atomic mass is 9.93. The van der Waals surface area contributed by atoms with E-state index in [1.54, 1.807) is 0 Å². The molecule has 0 saturated heterocycles. The van der Waals surface area contributed by atoms with Crippen LogP contribution in [-0.2, 0) is 0 Å². The minimum Gasteiger partial charge on any atom is -0.402 e. The summed E-state index contributed by atoms with van der Waals surface area (Å²) in [6, 6.07) is 0. The Morgan fingerprint density at radius 1 is 1.11 bits per heavy atom. The van der Waals surface area contributed by atoms with Crippen LogP contribution >= 0.6 is 0 Å².